The van der Waals surface area contributed by atoms with Crippen molar-refractivity contribution >= 4 is 39.4 Å². The van der Waals surface area contributed by atoms with Crippen LogP contribution in [-0.4, -0.2) is 27.1 Å². The third kappa shape index (κ3) is 6.44. The first kappa shape index (κ1) is 23.1. The van der Waals surface area contributed by atoms with Crippen molar-refractivity contribution < 1.29 is 17.9 Å². The Balaban J connectivity index is 1.57. The second-order valence-electron chi connectivity index (χ2n) is 6.50. The second kappa shape index (κ2) is 10.6. The van der Waals surface area contributed by atoms with Crippen LogP contribution in [0.25, 0.3) is 0 Å². The summed E-state index contributed by atoms with van der Waals surface area (Å²) in [6.45, 7) is 4.01. The van der Waals surface area contributed by atoms with Crippen LogP contribution in [0.15, 0.2) is 95.4 Å². The molecule has 0 saturated carbocycles. The third-order valence-electron chi connectivity index (χ3n) is 4.15. The highest BCUT2D eigenvalue weighted by Crippen LogP contribution is 2.19. The molecule has 9 heteroatoms. The zero-order valence-corrected chi connectivity index (χ0v) is 18.4. The number of halogens is 1. The van der Waals surface area contributed by atoms with Gasteiger partial charge < -0.3 is 4.74 Å². The van der Waals surface area contributed by atoms with Gasteiger partial charge in [-0.15, -0.1) is 0 Å². The predicted molar refractivity (Wildman–Crippen MR) is 126 cm³/mol. The minimum absolute atomic E-state index is 0.0818. The van der Waals surface area contributed by atoms with Gasteiger partial charge in [0, 0.05) is 16.3 Å². The number of carbonyl (C=O) groups is 1. The molecule has 0 aliphatic carbocycles. The number of sulfonamides is 1. The molecule has 0 aliphatic heterocycles. The molecule has 0 unspecified atom stereocenters. The molecule has 0 aliphatic rings. The maximum atomic E-state index is 12.4. The van der Waals surface area contributed by atoms with Gasteiger partial charge in [-0.05, 0) is 78.4 Å². The van der Waals surface area contributed by atoms with Crippen LogP contribution in [0.1, 0.15) is 15.9 Å². The number of carbonyl (C=O) groups excluding carboxylic acids is 1. The Bertz CT molecular complexity index is 1210. The molecular weight excluding hydrogens is 450 g/mol. The summed E-state index contributed by atoms with van der Waals surface area (Å²) in [5.74, 6) is 0.275. The lowest BCUT2D eigenvalue weighted by molar-refractivity contribution is 0.0955. The normalized spacial score (nSPS) is 11.2. The molecule has 0 saturated heterocycles. The van der Waals surface area contributed by atoms with E-state index in [0.717, 1.165) is 5.56 Å². The van der Waals surface area contributed by atoms with Crippen LogP contribution in [0.5, 0.6) is 5.75 Å². The van der Waals surface area contributed by atoms with Gasteiger partial charge in [0.15, 0.2) is 0 Å². The van der Waals surface area contributed by atoms with Crippen molar-refractivity contribution in [3.63, 3.8) is 0 Å². The van der Waals surface area contributed by atoms with Crippen LogP contribution in [0.4, 0.5) is 5.69 Å². The lowest BCUT2D eigenvalue weighted by atomic mass is 10.2. The molecule has 0 atom stereocenters. The number of anilines is 1. The van der Waals surface area contributed by atoms with Gasteiger partial charge >= 0.3 is 0 Å². The fourth-order valence-corrected chi connectivity index (χ4v) is 3.74. The van der Waals surface area contributed by atoms with E-state index in [1.807, 2.05) is 0 Å². The number of amides is 1. The van der Waals surface area contributed by atoms with Gasteiger partial charge in [-0.25, -0.2) is 13.8 Å². The van der Waals surface area contributed by atoms with Crippen molar-refractivity contribution in [3.05, 3.63) is 102 Å². The van der Waals surface area contributed by atoms with E-state index >= 15 is 0 Å². The van der Waals surface area contributed by atoms with Crippen molar-refractivity contribution in [3.8, 4) is 5.75 Å². The average Bonchev–Trinajstić information content (AvgIpc) is 2.79. The average molecular weight is 470 g/mol. The van der Waals surface area contributed by atoms with Gasteiger partial charge in [0.25, 0.3) is 15.9 Å². The molecule has 0 spiro atoms. The molecule has 0 heterocycles. The van der Waals surface area contributed by atoms with E-state index in [4.69, 9.17) is 16.3 Å². The van der Waals surface area contributed by atoms with Crippen molar-refractivity contribution in [2.75, 3.05) is 11.3 Å². The summed E-state index contributed by atoms with van der Waals surface area (Å²) in [5, 5.41) is 4.38. The molecule has 3 rings (SSSR count). The van der Waals surface area contributed by atoms with Crippen LogP contribution >= 0.6 is 11.6 Å². The van der Waals surface area contributed by atoms with Crippen molar-refractivity contribution in [2.45, 2.75) is 4.90 Å². The maximum Gasteiger partial charge on any atom is 0.271 e. The molecule has 2 N–H and O–H groups in total. The van der Waals surface area contributed by atoms with Gasteiger partial charge in [-0.2, -0.15) is 5.10 Å². The Kier molecular flexibility index (Phi) is 7.64. The minimum Gasteiger partial charge on any atom is -0.490 e. The summed E-state index contributed by atoms with van der Waals surface area (Å²) < 4.78 is 32.7. The summed E-state index contributed by atoms with van der Waals surface area (Å²) in [5.41, 5.74) is 3.85. The summed E-state index contributed by atoms with van der Waals surface area (Å²) in [6, 6.07) is 19.0. The van der Waals surface area contributed by atoms with E-state index in [0.29, 0.717) is 28.6 Å². The first-order chi connectivity index (χ1) is 15.4. The van der Waals surface area contributed by atoms with Crippen LogP contribution in [0.2, 0.25) is 5.02 Å². The second-order valence-corrected chi connectivity index (χ2v) is 8.62. The fraction of sp³-hybridized carbons (Fsp3) is 0.0435. The van der Waals surface area contributed by atoms with Crippen LogP contribution in [-0.2, 0) is 10.0 Å². The molecule has 3 aromatic carbocycles. The molecule has 0 radical (unpaired) electrons. The Morgan fingerprint density at radius 1 is 1.00 bits per heavy atom. The highest BCUT2D eigenvalue weighted by atomic mass is 35.5. The summed E-state index contributed by atoms with van der Waals surface area (Å²) in [4.78, 5) is 12.3. The minimum atomic E-state index is -3.76. The highest BCUT2D eigenvalue weighted by molar-refractivity contribution is 7.92. The van der Waals surface area contributed by atoms with E-state index in [2.05, 4.69) is 21.8 Å². The van der Waals surface area contributed by atoms with Crippen molar-refractivity contribution in [2.24, 2.45) is 5.10 Å². The van der Waals surface area contributed by atoms with E-state index < -0.39 is 15.9 Å². The van der Waals surface area contributed by atoms with Gasteiger partial charge in [-0.3, -0.25) is 9.52 Å². The monoisotopic (exact) mass is 469 g/mol. The summed E-state index contributed by atoms with van der Waals surface area (Å²) in [6.07, 6.45) is 3.16. The molecule has 0 fully saturated rings. The van der Waals surface area contributed by atoms with E-state index in [1.165, 1.54) is 54.7 Å². The Morgan fingerprint density at radius 3 is 2.28 bits per heavy atom. The van der Waals surface area contributed by atoms with E-state index in [-0.39, 0.29) is 4.90 Å². The zero-order chi connectivity index (χ0) is 23.0. The number of benzene rings is 3. The number of rotatable bonds is 9. The molecule has 3 aromatic rings. The number of hydrogen-bond acceptors (Lipinski definition) is 5. The lowest BCUT2D eigenvalue weighted by Gasteiger charge is -2.09. The number of ether oxygens (including phenoxy) is 1. The molecule has 0 bridgehead atoms. The van der Waals surface area contributed by atoms with E-state index in [1.54, 1.807) is 30.3 Å². The molecular formula is C23H20ClN3O4S. The SMILES string of the molecule is C=CCOc1ccc(/C=N\NC(=O)c2ccc(NS(=O)(=O)c3ccc(Cl)cc3)cc2)cc1. The number of hydrogen-bond donors (Lipinski definition) is 2. The molecule has 1 amide bonds. The topological polar surface area (TPSA) is 96.9 Å². The third-order valence-corrected chi connectivity index (χ3v) is 5.80. The van der Waals surface area contributed by atoms with Crippen molar-refractivity contribution in [1.82, 2.24) is 5.43 Å². The first-order valence-electron chi connectivity index (χ1n) is 9.43. The molecule has 0 aromatic heterocycles. The molecule has 164 valence electrons. The Labute approximate surface area is 191 Å². The van der Waals surface area contributed by atoms with E-state index in [9.17, 15) is 13.2 Å². The number of hydrazone groups is 1. The number of nitrogens with zero attached hydrogens (tertiary/aromatic N) is 1. The molecule has 32 heavy (non-hydrogen) atoms. The van der Waals surface area contributed by atoms with Gasteiger partial charge in [0.1, 0.15) is 12.4 Å². The van der Waals surface area contributed by atoms with Crippen LogP contribution < -0.4 is 14.9 Å². The largest absolute Gasteiger partial charge is 0.490 e. The zero-order valence-electron chi connectivity index (χ0n) is 16.9. The summed E-state index contributed by atoms with van der Waals surface area (Å²) in [7, 11) is -3.76. The Hall–Kier alpha value is -3.62. The van der Waals surface area contributed by atoms with Crippen LogP contribution in [0, 0.1) is 0 Å². The first-order valence-corrected chi connectivity index (χ1v) is 11.3. The summed E-state index contributed by atoms with van der Waals surface area (Å²) >= 11 is 5.79. The number of nitrogens with one attached hydrogen (secondary N) is 2. The van der Waals surface area contributed by atoms with Gasteiger partial charge in [0.05, 0.1) is 11.1 Å². The van der Waals surface area contributed by atoms with Crippen LogP contribution in [0.3, 0.4) is 0 Å². The Morgan fingerprint density at radius 2 is 1.66 bits per heavy atom. The smallest absolute Gasteiger partial charge is 0.271 e. The van der Waals surface area contributed by atoms with Gasteiger partial charge in [0.2, 0.25) is 0 Å². The molecule has 7 nitrogen and oxygen atoms in total. The quantitative estimate of drug-likeness (QED) is 0.274. The lowest BCUT2D eigenvalue weighted by Crippen LogP contribution is -2.18. The van der Waals surface area contributed by atoms with Gasteiger partial charge in [-0.1, -0.05) is 24.3 Å². The maximum absolute atomic E-state index is 12.4. The fourth-order valence-electron chi connectivity index (χ4n) is 2.55. The van der Waals surface area contributed by atoms with Crippen molar-refractivity contribution in [1.29, 1.82) is 0 Å². The standard InChI is InChI=1S/C23H20ClN3O4S/c1-2-15-31-21-11-3-17(4-12-21)16-25-26-23(28)18-5-9-20(10-6-18)27-32(29,30)22-13-7-19(24)8-14-22/h2-14,16,27H,1,15H2,(H,26,28)/b25-16-. The highest BCUT2D eigenvalue weighted by Gasteiger charge is 2.14. The predicted octanol–water partition coefficient (Wildman–Crippen LogP) is 4.47.